The molecule has 0 aromatic carbocycles. The Morgan fingerprint density at radius 3 is 1.50 bits per heavy atom. The summed E-state index contributed by atoms with van der Waals surface area (Å²) in [5.74, 6) is 0. The van der Waals surface area contributed by atoms with Crippen LogP contribution >= 0.6 is 68.7 Å². The molecule has 0 N–H and O–H groups in total. The van der Waals surface area contributed by atoms with E-state index in [0.717, 1.165) is 9.81 Å². The van der Waals surface area contributed by atoms with Gasteiger partial charge in [-0.05, 0) is 68.7 Å². The fourth-order valence-electron chi connectivity index (χ4n) is 0.842. The van der Waals surface area contributed by atoms with Gasteiger partial charge in [-0.25, -0.2) is 0 Å². The van der Waals surface area contributed by atoms with Crippen molar-refractivity contribution in [2.75, 3.05) is 0 Å². The van der Waals surface area contributed by atoms with Crippen molar-refractivity contribution >= 4 is 78.9 Å². The van der Waals surface area contributed by atoms with Crippen molar-refractivity contribution in [2.45, 2.75) is 0 Å². The Morgan fingerprint density at radius 2 is 1.17 bits per heavy atom. The zero-order valence-electron chi connectivity index (χ0n) is 5.39. The highest BCUT2D eigenvalue weighted by Crippen LogP contribution is 2.54. The highest BCUT2D eigenvalue weighted by molar-refractivity contribution is 14.1. The molecule has 0 atom stereocenters. The minimum Gasteiger partial charge on any atom is -0.281 e. The number of carbonyl (C=O) groups excluding carboxylic acids is 2. The summed E-state index contributed by atoms with van der Waals surface area (Å²) < 4.78 is 1.38. The maximum Gasteiger partial charge on any atom is 0.231 e. The lowest BCUT2D eigenvalue weighted by atomic mass is 10.4. The molecule has 0 aromatic heterocycles. The molecular formula is C6I2O2S2. The van der Waals surface area contributed by atoms with Crippen LogP contribution in [0, 0.1) is 0 Å². The number of hydrogen-bond acceptors (Lipinski definition) is 4. The first-order valence-electron chi connectivity index (χ1n) is 2.85. The van der Waals surface area contributed by atoms with E-state index < -0.39 is 0 Å². The van der Waals surface area contributed by atoms with Gasteiger partial charge in [-0.3, -0.25) is 9.59 Å². The number of fused-ring (bicyclic) bond motifs is 1. The molecule has 2 heterocycles. The zero-order chi connectivity index (χ0) is 8.88. The van der Waals surface area contributed by atoms with Crippen molar-refractivity contribution in [1.29, 1.82) is 0 Å². The average Bonchev–Trinajstić information content (AvgIpc) is 2.43. The Morgan fingerprint density at radius 1 is 0.833 bits per heavy atom. The molecule has 6 heteroatoms. The summed E-state index contributed by atoms with van der Waals surface area (Å²) in [6, 6.07) is 0. The van der Waals surface area contributed by atoms with Crippen molar-refractivity contribution in [3.8, 4) is 0 Å². The standard InChI is InChI=1S/C6I2O2S2/c7-1-3-4(12-5(1)9)2(8)6(10)11-3. The van der Waals surface area contributed by atoms with E-state index in [-0.39, 0.29) is 10.2 Å². The van der Waals surface area contributed by atoms with E-state index in [1.54, 1.807) is 0 Å². The molecule has 0 bridgehead atoms. The van der Waals surface area contributed by atoms with E-state index in [1.165, 1.54) is 23.5 Å². The first kappa shape index (κ1) is 9.53. The van der Waals surface area contributed by atoms with Crippen LogP contribution < -0.4 is 0 Å². The third-order valence-electron chi connectivity index (χ3n) is 1.35. The number of carbonyl (C=O) groups is 2. The predicted molar refractivity (Wildman–Crippen MR) is 67.3 cm³/mol. The lowest BCUT2D eigenvalue weighted by Gasteiger charge is -1.87. The fraction of sp³-hybridized carbons (Fsp3) is 0. The van der Waals surface area contributed by atoms with Crippen molar-refractivity contribution in [3.63, 3.8) is 0 Å². The largest absolute Gasteiger partial charge is 0.281 e. The van der Waals surface area contributed by atoms with Gasteiger partial charge in [-0.2, -0.15) is 0 Å². The average molecular weight is 422 g/mol. The number of thioether (sulfide) groups is 2. The molecule has 2 rings (SSSR count). The molecule has 0 saturated carbocycles. The summed E-state index contributed by atoms with van der Waals surface area (Å²) in [4.78, 5) is 24.1. The molecule has 0 saturated heterocycles. The van der Waals surface area contributed by atoms with Crippen molar-refractivity contribution in [1.82, 2.24) is 0 Å². The summed E-state index contributed by atoms with van der Waals surface area (Å²) in [6.07, 6.45) is 0. The van der Waals surface area contributed by atoms with Crippen LogP contribution in [0.25, 0.3) is 0 Å². The van der Waals surface area contributed by atoms with Gasteiger partial charge in [-0.1, -0.05) is 0 Å². The third-order valence-corrected chi connectivity index (χ3v) is 7.01. The van der Waals surface area contributed by atoms with Gasteiger partial charge in [0.1, 0.15) is 0 Å². The van der Waals surface area contributed by atoms with Gasteiger partial charge < -0.3 is 0 Å². The van der Waals surface area contributed by atoms with Crippen LogP contribution in [0.2, 0.25) is 0 Å². The van der Waals surface area contributed by atoms with E-state index in [9.17, 15) is 9.59 Å². The molecule has 12 heavy (non-hydrogen) atoms. The Bertz CT molecular complexity index is 334. The topological polar surface area (TPSA) is 34.1 Å². The maximum atomic E-state index is 11.2. The number of halogens is 2. The van der Waals surface area contributed by atoms with Crippen LogP contribution in [0.1, 0.15) is 0 Å². The third kappa shape index (κ3) is 1.30. The second kappa shape index (κ2) is 3.28. The first-order chi connectivity index (χ1) is 5.61. The molecule has 0 spiro atoms. The maximum absolute atomic E-state index is 11.2. The Labute approximate surface area is 104 Å². The summed E-state index contributed by atoms with van der Waals surface area (Å²) in [6.45, 7) is 0. The second-order valence-electron chi connectivity index (χ2n) is 2.07. The van der Waals surface area contributed by atoms with Crippen LogP contribution in [-0.4, -0.2) is 10.2 Å². The first-order valence-corrected chi connectivity index (χ1v) is 6.64. The van der Waals surface area contributed by atoms with Gasteiger partial charge >= 0.3 is 0 Å². The monoisotopic (exact) mass is 422 g/mol. The number of rotatable bonds is 0. The normalized spacial score (nSPS) is 22.8. The van der Waals surface area contributed by atoms with Gasteiger partial charge in [0, 0.05) is 9.81 Å². The molecule has 0 aromatic rings. The Kier molecular flexibility index (Phi) is 2.61. The summed E-state index contributed by atoms with van der Waals surface area (Å²) in [5.41, 5.74) is 0. The highest BCUT2D eigenvalue weighted by Gasteiger charge is 2.37. The zero-order valence-corrected chi connectivity index (χ0v) is 11.3. The molecular weight excluding hydrogens is 422 g/mol. The van der Waals surface area contributed by atoms with E-state index in [4.69, 9.17) is 0 Å². The van der Waals surface area contributed by atoms with E-state index in [2.05, 4.69) is 0 Å². The van der Waals surface area contributed by atoms with Crippen LogP contribution in [0.5, 0.6) is 0 Å². The lowest BCUT2D eigenvalue weighted by molar-refractivity contribution is -0.107. The lowest BCUT2D eigenvalue weighted by Crippen LogP contribution is -1.86. The minimum absolute atomic E-state index is 0.0646. The van der Waals surface area contributed by atoms with Crippen molar-refractivity contribution < 1.29 is 9.59 Å². The van der Waals surface area contributed by atoms with Gasteiger partial charge in [0.05, 0.1) is 7.16 Å². The minimum atomic E-state index is 0.0646. The SMILES string of the molecule is O=C1SC2=C(I)C(=O)SC2=C1I. The summed E-state index contributed by atoms with van der Waals surface area (Å²) in [5, 5.41) is 0.129. The summed E-state index contributed by atoms with van der Waals surface area (Å²) in [7, 11) is 0. The quantitative estimate of drug-likeness (QED) is 0.563. The van der Waals surface area contributed by atoms with E-state index >= 15 is 0 Å². The van der Waals surface area contributed by atoms with Crippen molar-refractivity contribution in [3.05, 3.63) is 17.0 Å². The van der Waals surface area contributed by atoms with Crippen LogP contribution in [0.15, 0.2) is 17.0 Å². The molecule has 2 aliphatic heterocycles. The molecule has 0 aliphatic carbocycles. The van der Waals surface area contributed by atoms with Gasteiger partial charge in [0.25, 0.3) is 0 Å². The summed E-state index contributed by atoms with van der Waals surface area (Å²) >= 11 is 6.32. The van der Waals surface area contributed by atoms with Gasteiger partial charge in [-0.15, -0.1) is 0 Å². The molecule has 0 radical (unpaired) electrons. The Hall–Kier alpha value is 0.980. The molecule has 62 valence electrons. The van der Waals surface area contributed by atoms with E-state index in [0.29, 0.717) is 7.16 Å². The van der Waals surface area contributed by atoms with Gasteiger partial charge in [0.15, 0.2) is 0 Å². The fourth-order valence-corrected chi connectivity index (χ4v) is 4.96. The molecule has 2 aliphatic rings. The molecule has 0 amide bonds. The van der Waals surface area contributed by atoms with Gasteiger partial charge in [0.2, 0.25) is 10.2 Å². The van der Waals surface area contributed by atoms with Crippen molar-refractivity contribution in [2.24, 2.45) is 0 Å². The second-order valence-corrected chi connectivity index (χ2v) is 6.19. The Balaban J connectivity index is 2.59. The molecule has 0 fully saturated rings. The number of hydrogen-bond donors (Lipinski definition) is 0. The van der Waals surface area contributed by atoms with Crippen LogP contribution in [0.3, 0.4) is 0 Å². The smallest absolute Gasteiger partial charge is 0.231 e. The van der Waals surface area contributed by atoms with E-state index in [1.807, 2.05) is 45.2 Å². The van der Waals surface area contributed by atoms with Crippen LogP contribution in [-0.2, 0) is 9.59 Å². The molecule has 2 nitrogen and oxygen atoms in total. The highest BCUT2D eigenvalue weighted by atomic mass is 127. The molecule has 0 unspecified atom stereocenters. The van der Waals surface area contributed by atoms with Crippen LogP contribution in [0.4, 0.5) is 0 Å². The predicted octanol–water partition coefficient (Wildman–Crippen LogP) is 2.83.